The van der Waals surface area contributed by atoms with Crippen molar-refractivity contribution in [3.05, 3.63) is 28.2 Å². The maximum absolute atomic E-state index is 12.5. The molecule has 2 aliphatic rings. The molecule has 0 atom stereocenters. The number of phenols is 1. The highest BCUT2D eigenvalue weighted by Crippen LogP contribution is 2.26. The number of hydrogen-bond acceptors (Lipinski definition) is 3. The lowest BCUT2D eigenvalue weighted by molar-refractivity contribution is -0.126. The molecule has 2 N–H and O–H groups in total. The summed E-state index contributed by atoms with van der Waals surface area (Å²) in [6, 6.07) is 5.21. The predicted molar refractivity (Wildman–Crippen MR) is 85.6 cm³/mol. The summed E-state index contributed by atoms with van der Waals surface area (Å²) in [5, 5.41) is 12.9. The number of piperidine rings is 1. The van der Waals surface area contributed by atoms with Crippen LogP contribution in [0.4, 0.5) is 0 Å². The Morgan fingerprint density at radius 2 is 1.86 bits per heavy atom. The first kappa shape index (κ1) is 15.3. The predicted octanol–water partition coefficient (Wildman–Crippen LogP) is 2.29. The molecule has 0 unspecified atom stereocenters. The second-order valence-electron chi connectivity index (χ2n) is 6.01. The molecule has 1 aromatic carbocycles. The van der Waals surface area contributed by atoms with Gasteiger partial charge < -0.3 is 15.3 Å². The van der Waals surface area contributed by atoms with Crippen LogP contribution in [0.1, 0.15) is 36.0 Å². The number of halogens is 1. The van der Waals surface area contributed by atoms with Crippen molar-refractivity contribution < 1.29 is 14.7 Å². The van der Waals surface area contributed by atoms with Gasteiger partial charge in [-0.3, -0.25) is 9.59 Å². The van der Waals surface area contributed by atoms with Crippen LogP contribution in [0.25, 0.3) is 0 Å². The number of nitrogens with zero attached hydrogens (tertiary/aromatic N) is 1. The van der Waals surface area contributed by atoms with Gasteiger partial charge in [-0.15, -0.1) is 0 Å². The molecule has 1 aliphatic heterocycles. The van der Waals surface area contributed by atoms with Crippen molar-refractivity contribution in [3.63, 3.8) is 0 Å². The molecule has 6 heteroatoms. The molecule has 3 rings (SSSR count). The Balaban J connectivity index is 1.59. The first-order valence-electron chi connectivity index (χ1n) is 7.63. The fraction of sp³-hybridized carbons (Fsp3) is 0.500. The Labute approximate surface area is 137 Å². The minimum Gasteiger partial charge on any atom is -0.507 e. The van der Waals surface area contributed by atoms with Crippen LogP contribution < -0.4 is 5.32 Å². The molecule has 1 aromatic rings. The van der Waals surface area contributed by atoms with Gasteiger partial charge in [0.05, 0.1) is 5.56 Å². The van der Waals surface area contributed by atoms with E-state index in [1.807, 2.05) is 0 Å². The first-order valence-corrected chi connectivity index (χ1v) is 8.42. The minimum absolute atomic E-state index is 0.000700. The number of aromatic hydroxyl groups is 1. The van der Waals surface area contributed by atoms with Crippen LogP contribution in [0.3, 0.4) is 0 Å². The molecule has 1 heterocycles. The third-order valence-electron chi connectivity index (χ3n) is 4.27. The lowest BCUT2D eigenvalue weighted by atomic mass is 9.95. The van der Waals surface area contributed by atoms with Crippen LogP contribution in [-0.4, -0.2) is 41.0 Å². The molecule has 0 spiro atoms. The van der Waals surface area contributed by atoms with Gasteiger partial charge in [-0.1, -0.05) is 15.9 Å². The Bertz CT molecular complexity index is 593. The number of hydrogen-bond donors (Lipinski definition) is 2. The summed E-state index contributed by atoms with van der Waals surface area (Å²) in [5.74, 6) is -0.0673. The molecule has 22 heavy (non-hydrogen) atoms. The van der Waals surface area contributed by atoms with Crippen LogP contribution in [0.2, 0.25) is 0 Å². The van der Waals surface area contributed by atoms with Gasteiger partial charge in [-0.05, 0) is 43.9 Å². The van der Waals surface area contributed by atoms with Gasteiger partial charge in [-0.25, -0.2) is 0 Å². The summed E-state index contributed by atoms with van der Waals surface area (Å²) in [7, 11) is 0. The lowest BCUT2D eigenvalue weighted by Crippen LogP contribution is -2.43. The second-order valence-corrected chi connectivity index (χ2v) is 6.93. The molecule has 0 bridgehead atoms. The fourth-order valence-corrected chi connectivity index (χ4v) is 3.10. The summed E-state index contributed by atoms with van der Waals surface area (Å²) in [6.07, 6.45) is 3.54. The molecule has 2 amide bonds. The van der Waals surface area contributed by atoms with Crippen molar-refractivity contribution in [2.75, 3.05) is 13.1 Å². The number of carbonyl (C=O) groups excluding carboxylic acids is 2. The highest BCUT2D eigenvalue weighted by molar-refractivity contribution is 9.10. The number of likely N-dealkylation sites (tertiary alicyclic amines) is 1. The second kappa shape index (κ2) is 6.28. The van der Waals surface area contributed by atoms with Crippen LogP contribution in [0.5, 0.6) is 5.75 Å². The Hall–Kier alpha value is -1.56. The third-order valence-corrected chi connectivity index (χ3v) is 4.76. The van der Waals surface area contributed by atoms with Gasteiger partial charge in [0, 0.05) is 29.5 Å². The largest absolute Gasteiger partial charge is 0.507 e. The number of phenolic OH excluding ortho intramolecular Hbond substituents is 1. The van der Waals surface area contributed by atoms with E-state index in [0.29, 0.717) is 37.5 Å². The van der Waals surface area contributed by atoms with Crippen LogP contribution in [-0.2, 0) is 4.79 Å². The lowest BCUT2D eigenvalue weighted by Gasteiger charge is -2.31. The van der Waals surface area contributed by atoms with E-state index in [0.717, 1.165) is 17.3 Å². The highest BCUT2D eigenvalue weighted by Gasteiger charge is 2.31. The van der Waals surface area contributed by atoms with E-state index in [1.54, 1.807) is 17.0 Å². The molecule has 0 radical (unpaired) electrons. The molecule has 0 aromatic heterocycles. The van der Waals surface area contributed by atoms with Crippen LogP contribution >= 0.6 is 15.9 Å². The molecular formula is C16H19BrN2O3. The normalized spacial score (nSPS) is 19.0. The van der Waals surface area contributed by atoms with Crippen LogP contribution in [0, 0.1) is 5.92 Å². The summed E-state index contributed by atoms with van der Waals surface area (Å²) < 4.78 is 0.757. The Kier molecular flexibility index (Phi) is 4.38. The monoisotopic (exact) mass is 366 g/mol. The summed E-state index contributed by atoms with van der Waals surface area (Å²) in [6.45, 7) is 1.10. The van der Waals surface area contributed by atoms with Crippen molar-refractivity contribution in [1.29, 1.82) is 0 Å². The summed E-state index contributed by atoms with van der Waals surface area (Å²) in [4.78, 5) is 26.2. The average Bonchev–Trinajstić information content (AvgIpc) is 3.33. The van der Waals surface area contributed by atoms with E-state index in [2.05, 4.69) is 21.2 Å². The summed E-state index contributed by atoms with van der Waals surface area (Å²) >= 11 is 3.31. The van der Waals surface area contributed by atoms with Gasteiger partial charge >= 0.3 is 0 Å². The van der Waals surface area contributed by atoms with Crippen molar-refractivity contribution in [2.24, 2.45) is 5.92 Å². The van der Waals surface area contributed by atoms with Crippen molar-refractivity contribution in [3.8, 4) is 5.75 Å². The topological polar surface area (TPSA) is 69.6 Å². The van der Waals surface area contributed by atoms with E-state index in [-0.39, 0.29) is 23.5 Å². The Morgan fingerprint density at radius 3 is 2.50 bits per heavy atom. The van der Waals surface area contributed by atoms with Crippen molar-refractivity contribution in [2.45, 2.75) is 31.7 Å². The molecule has 118 valence electrons. The number of nitrogens with one attached hydrogen (secondary N) is 1. The van der Waals surface area contributed by atoms with Gasteiger partial charge in [0.15, 0.2) is 0 Å². The van der Waals surface area contributed by atoms with Crippen LogP contribution in [0.15, 0.2) is 22.7 Å². The minimum atomic E-state index is -0.181. The number of benzene rings is 1. The number of rotatable bonds is 3. The zero-order chi connectivity index (χ0) is 15.7. The summed E-state index contributed by atoms with van der Waals surface area (Å²) in [5.41, 5.74) is 0.301. The maximum Gasteiger partial charge on any atom is 0.257 e. The average molecular weight is 367 g/mol. The highest BCUT2D eigenvalue weighted by atomic mass is 79.9. The standard InChI is InChI=1S/C16H19BrN2O3/c17-11-1-4-14(20)13(9-11)16(22)19-7-5-10(6-8-19)15(21)18-12-2-3-12/h1,4,9-10,12,20H,2-3,5-8H2,(H,18,21). The molecular weight excluding hydrogens is 348 g/mol. The SMILES string of the molecule is O=C(NC1CC1)C1CCN(C(=O)c2cc(Br)ccc2O)CC1. The van der Waals surface area contributed by atoms with Crippen molar-refractivity contribution >= 4 is 27.7 Å². The zero-order valence-electron chi connectivity index (χ0n) is 12.2. The fourth-order valence-electron chi connectivity index (χ4n) is 2.74. The Morgan fingerprint density at radius 1 is 1.18 bits per heavy atom. The van der Waals surface area contributed by atoms with E-state index < -0.39 is 0 Å². The van der Waals surface area contributed by atoms with E-state index in [1.165, 1.54) is 6.07 Å². The molecule has 5 nitrogen and oxygen atoms in total. The van der Waals surface area contributed by atoms with E-state index >= 15 is 0 Å². The van der Waals surface area contributed by atoms with Crippen molar-refractivity contribution in [1.82, 2.24) is 10.2 Å². The third kappa shape index (κ3) is 3.43. The van der Waals surface area contributed by atoms with E-state index in [4.69, 9.17) is 0 Å². The molecule has 2 fully saturated rings. The maximum atomic E-state index is 12.5. The zero-order valence-corrected chi connectivity index (χ0v) is 13.8. The van der Waals surface area contributed by atoms with Gasteiger partial charge in [0.1, 0.15) is 5.75 Å². The number of carbonyl (C=O) groups is 2. The van der Waals surface area contributed by atoms with Gasteiger partial charge in [0.25, 0.3) is 5.91 Å². The first-order chi connectivity index (χ1) is 10.5. The smallest absolute Gasteiger partial charge is 0.257 e. The van der Waals surface area contributed by atoms with Gasteiger partial charge in [0.2, 0.25) is 5.91 Å². The quantitative estimate of drug-likeness (QED) is 0.861. The molecule has 1 saturated carbocycles. The molecule has 1 aliphatic carbocycles. The number of amides is 2. The van der Waals surface area contributed by atoms with Gasteiger partial charge in [-0.2, -0.15) is 0 Å². The van der Waals surface area contributed by atoms with E-state index in [9.17, 15) is 14.7 Å². The molecule has 1 saturated heterocycles.